The van der Waals surface area contributed by atoms with Gasteiger partial charge >= 0.3 is 0 Å². The lowest BCUT2D eigenvalue weighted by atomic mass is 10.1. The zero-order chi connectivity index (χ0) is 13.0. The first-order valence-corrected chi connectivity index (χ1v) is 6.27. The molecule has 0 aliphatic heterocycles. The van der Waals surface area contributed by atoms with Gasteiger partial charge in [-0.2, -0.15) is 0 Å². The van der Waals surface area contributed by atoms with E-state index in [1.54, 1.807) is 6.92 Å². The van der Waals surface area contributed by atoms with Gasteiger partial charge in [0.15, 0.2) is 0 Å². The number of benzene rings is 2. The fourth-order valence-corrected chi connectivity index (χ4v) is 1.88. The van der Waals surface area contributed by atoms with Gasteiger partial charge in [-0.3, -0.25) is 0 Å². The maximum Gasteiger partial charge on any atom is 0.126 e. The highest BCUT2D eigenvalue weighted by Crippen LogP contribution is 2.13. The molecule has 94 valence electrons. The molecule has 0 unspecified atom stereocenters. The predicted octanol–water partition coefficient (Wildman–Crippen LogP) is 4.31. The van der Waals surface area contributed by atoms with Gasteiger partial charge in [0.2, 0.25) is 0 Å². The minimum atomic E-state index is -0.147. The van der Waals surface area contributed by atoms with Crippen LogP contribution in [0.25, 0.3) is 0 Å². The van der Waals surface area contributed by atoms with Crippen molar-refractivity contribution in [3.05, 3.63) is 65.0 Å². The van der Waals surface area contributed by atoms with Crippen molar-refractivity contribution in [2.24, 2.45) is 0 Å². The summed E-state index contributed by atoms with van der Waals surface area (Å²) in [4.78, 5) is 0. The number of nitrogens with one attached hydrogen (secondary N) is 1. The van der Waals surface area contributed by atoms with E-state index < -0.39 is 0 Å². The van der Waals surface area contributed by atoms with Gasteiger partial charge in [0.1, 0.15) is 5.82 Å². The maximum atomic E-state index is 13.1. The van der Waals surface area contributed by atoms with Crippen LogP contribution >= 0.6 is 0 Å². The summed E-state index contributed by atoms with van der Waals surface area (Å²) in [7, 11) is 0. The van der Waals surface area contributed by atoms with E-state index in [2.05, 4.69) is 36.5 Å². The van der Waals surface area contributed by atoms with Crippen LogP contribution in [0.2, 0.25) is 0 Å². The van der Waals surface area contributed by atoms with Crippen molar-refractivity contribution in [1.29, 1.82) is 0 Å². The summed E-state index contributed by atoms with van der Waals surface area (Å²) in [6.45, 7) is 4.64. The quantitative estimate of drug-likeness (QED) is 0.843. The lowest BCUT2D eigenvalue weighted by Gasteiger charge is -2.08. The minimum Gasteiger partial charge on any atom is -0.381 e. The molecule has 1 nitrogen and oxygen atoms in total. The van der Waals surface area contributed by atoms with Gasteiger partial charge in [-0.1, -0.05) is 31.2 Å². The van der Waals surface area contributed by atoms with Crippen LogP contribution in [0.4, 0.5) is 10.1 Å². The van der Waals surface area contributed by atoms with E-state index in [9.17, 15) is 4.39 Å². The van der Waals surface area contributed by atoms with Crippen LogP contribution in [0.3, 0.4) is 0 Å². The van der Waals surface area contributed by atoms with E-state index >= 15 is 0 Å². The Morgan fingerprint density at radius 2 is 1.67 bits per heavy atom. The molecule has 0 radical (unpaired) electrons. The molecular weight excluding hydrogens is 225 g/mol. The summed E-state index contributed by atoms with van der Waals surface area (Å²) in [5, 5.41) is 3.34. The van der Waals surface area contributed by atoms with Crippen LogP contribution in [0, 0.1) is 12.7 Å². The molecule has 0 saturated carbocycles. The number of rotatable bonds is 4. The van der Waals surface area contributed by atoms with Gasteiger partial charge in [0.05, 0.1) is 0 Å². The van der Waals surface area contributed by atoms with Gasteiger partial charge in [0, 0.05) is 12.2 Å². The molecule has 0 aliphatic rings. The summed E-state index contributed by atoms with van der Waals surface area (Å²) >= 11 is 0. The van der Waals surface area contributed by atoms with Crippen LogP contribution in [-0.4, -0.2) is 0 Å². The molecule has 0 fully saturated rings. The molecule has 1 N–H and O–H groups in total. The van der Waals surface area contributed by atoms with Crippen molar-refractivity contribution in [3.63, 3.8) is 0 Å². The molecule has 2 heteroatoms. The van der Waals surface area contributed by atoms with Gasteiger partial charge in [-0.15, -0.1) is 0 Å². The van der Waals surface area contributed by atoms with Gasteiger partial charge in [-0.05, 0) is 48.2 Å². The Kier molecular flexibility index (Phi) is 3.98. The van der Waals surface area contributed by atoms with Gasteiger partial charge in [0.25, 0.3) is 0 Å². The predicted molar refractivity (Wildman–Crippen MR) is 74.3 cm³/mol. The van der Waals surface area contributed by atoms with E-state index in [1.165, 1.54) is 11.6 Å². The second-order valence-corrected chi connectivity index (χ2v) is 4.49. The number of hydrogen-bond acceptors (Lipinski definition) is 1. The van der Waals surface area contributed by atoms with Crippen molar-refractivity contribution >= 4 is 5.69 Å². The fourth-order valence-electron chi connectivity index (χ4n) is 1.88. The number of hydrogen-bond donors (Lipinski definition) is 1. The van der Waals surface area contributed by atoms with E-state index in [1.807, 2.05) is 12.1 Å². The van der Waals surface area contributed by atoms with E-state index in [0.29, 0.717) is 12.1 Å². The first-order valence-electron chi connectivity index (χ1n) is 6.27. The average molecular weight is 243 g/mol. The first kappa shape index (κ1) is 12.6. The Morgan fingerprint density at radius 1 is 1.00 bits per heavy atom. The molecule has 0 atom stereocenters. The second kappa shape index (κ2) is 5.67. The molecule has 0 aromatic heterocycles. The third kappa shape index (κ3) is 3.10. The SMILES string of the molecule is CCc1ccc(NCc2ccc(F)c(C)c2)cc1. The highest BCUT2D eigenvalue weighted by Gasteiger charge is 1.99. The van der Waals surface area contributed by atoms with Crippen LogP contribution in [0.5, 0.6) is 0 Å². The van der Waals surface area contributed by atoms with Crippen LogP contribution in [0.15, 0.2) is 42.5 Å². The Morgan fingerprint density at radius 3 is 2.28 bits per heavy atom. The van der Waals surface area contributed by atoms with E-state index in [4.69, 9.17) is 0 Å². The molecule has 18 heavy (non-hydrogen) atoms. The Labute approximate surface area is 108 Å². The summed E-state index contributed by atoms with van der Waals surface area (Å²) in [5.41, 5.74) is 4.21. The molecular formula is C16H18FN. The van der Waals surface area contributed by atoms with Crippen LogP contribution in [0.1, 0.15) is 23.6 Å². The standard InChI is InChI=1S/C16H18FN/c1-3-13-4-7-15(8-5-13)18-11-14-6-9-16(17)12(2)10-14/h4-10,18H,3,11H2,1-2H3. The summed E-state index contributed by atoms with van der Waals surface area (Å²) in [6, 6.07) is 13.6. The third-order valence-electron chi connectivity index (χ3n) is 3.08. The smallest absolute Gasteiger partial charge is 0.126 e. The number of halogens is 1. The molecule has 0 saturated heterocycles. The van der Waals surface area contributed by atoms with Crippen molar-refractivity contribution in [2.45, 2.75) is 26.8 Å². The fraction of sp³-hybridized carbons (Fsp3) is 0.250. The van der Waals surface area contributed by atoms with E-state index in [-0.39, 0.29) is 5.82 Å². The van der Waals surface area contributed by atoms with Gasteiger partial charge in [-0.25, -0.2) is 4.39 Å². The highest BCUT2D eigenvalue weighted by molar-refractivity contribution is 5.45. The summed E-state index contributed by atoms with van der Waals surface area (Å²) in [5.74, 6) is -0.147. The van der Waals surface area contributed by atoms with Crippen molar-refractivity contribution in [2.75, 3.05) is 5.32 Å². The van der Waals surface area contributed by atoms with Crippen molar-refractivity contribution in [1.82, 2.24) is 0 Å². The Bertz CT molecular complexity index is 517. The molecule has 0 bridgehead atoms. The second-order valence-electron chi connectivity index (χ2n) is 4.49. The normalized spacial score (nSPS) is 10.4. The number of anilines is 1. The molecule has 0 heterocycles. The largest absolute Gasteiger partial charge is 0.381 e. The molecule has 0 spiro atoms. The van der Waals surface area contributed by atoms with Crippen molar-refractivity contribution < 1.29 is 4.39 Å². The van der Waals surface area contributed by atoms with E-state index in [0.717, 1.165) is 17.7 Å². The maximum absolute atomic E-state index is 13.1. The lowest BCUT2D eigenvalue weighted by molar-refractivity contribution is 0.617. The average Bonchev–Trinajstić information content (AvgIpc) is 2.41. The topological polar surface area (TPSA) is 12.0 Å². The molecule has 2 aromatic carbocycles. The highest BCUT2D eigenvalue weighted by atomic mass is 19.1. The Hall–Kier alpha value is -1.83. The molecule has 0 aliphatic carbocycles. The zero-order valence-electron chi connectivity index (χ0n) is 10.8. The molecule has 2 aromatic rings. The molecule has 0 amide bonds. The zero-order valence-corrected chi connectivity index (χ0v) is 10.8. The summed E-state index contributed by atoms with van der Waals surface area (Å²) in [6.07, 6.45) is 1.05. The van der Waals surface area contributed by atoms with Crippen molar-refractivity contribution in [3.8, 4) is 0 Å². The lowest BCUT2D eigenvalue weighted by Crippen LogP contribution is -2.00. The molecule has 2 rings (SSSR count). The monoisotopic (exact) mass is 243 g/mol. The third-order valence-corrected chi connectivity index (χ3v) is 3.08. The van der Waals surface area contributed by atoms with Crippen LogP contribution in [-0.2, 0) is 13.0 Å². The van der Waals surface area contributed by atoms with Gasteiger partial charge < -0.3 is 5.32 Å². The summed E-state index contributed by atoms with van der Waals surface area (Å²) < 4.78 is 13.1. The van der Waals surface area contributed by atoms with Crippen LogP contribution < -0.4 is 5.32 Å². The minimum absolute atomic E-state index is 0.147. The number of aryl methyl sites for hydroxylation is 2. The first-order chi connectivity index (χ1) is 8.69. The Balaban J connectivity index is 1.99.